The molecule has 0 bridgehead atoms. The minimum Gasteiger partial charge on any atom is -0.490 e. The summed E-state index contributed by atoms with van der Waals surface area (Å²) in [4.78, 5) is 24.1. The normalized spacial score (nSPS) is 14.0. The quantitative estimate of drug-likeness (QED) is 0.723. The van der Waals surface area contributed by atoms with Crippen LogP contribution in [0.5, 0.6) is 5.75 Å². The highest BCUT2D eigenvalue weighted by Crippen LogP contribution is 2.30. The third-order valence-corrected chi connectivity index (χ3v) is 3.92. The maximum absolute atomic E-state index is 12.8. The number of rotatable bonds is 5. The second-order valence-corrected chi connectivity index (χ2v) is 6.22. The molecule has 10 heteroatoms. The highest BCUT2D eigenvalue weighted by Gasteiger charge is 2.32. The smallest absolute Gasteiger partial charge is 0.433 e. The van der Waals surface area contributed by atoms with Crippen LogP contribution in [0.25, 0.3) is 5.82 Å². The summed E-state index contributed by atoms with van der Waals surface area (Å²) in [5, 5.41) is 2.42. The van der Waals surface area contributed by atoms with E-state index in [2.05, 4.69) is 20.3 Å². The lowest BCUT2D eigenvalue weighted by molar-refractivity contribution is -0.141. The van der Waals surface area contributed by atoms with Crippen molar-refractivity contribution in [2.75, 3.05) is 5.32 Å². The number of carbonyl (C=O) groups is 1. The zero-order chi connectivity index (χ0) is 19.7. The predicted molar refractivity (Wildman–Crippen MR) is 92.2 cm³/mol. The summed E-state index contributed by atoms with van der Waals surface area (Å²) in [6.45, 7) is 0. The number of hydrogen-bond donors (Lipinski definition) is 1. The van der Waals surface area contributed by atoms with Gasteiger partial charge in [-0.05, 0) is 25.0 Å². The number of hydrogen-bond acceptors (Lipinski definition) is 5. The number of pyridine rings is 2. The number of anilines is 1. The van der Waals surface area contributed by atoms with Gasteiger partial charge in [0.15, 0.2) is 0 Å². The molecule has 3 heterocycles. The number of amides is 1. The first-order valence-electron chi connectivity index (χ1n) is 8.40. The van der Waals surface area contributed by atoms with Gasteiger partial charge in [0.2, 0.25) is 0 Å². The largest absolute Gasteiger partial charge is 0.490 e. The zero-order valence-corrected chi connectivity index (χ0v) is 14.3. The van der Waals surface area contributed by atoms with Crippen LogP contribution in [-0.2, 0) is 6.18 Å². The molecule has 0 saturated heterocycles. The predicted octanol–water partition coefficient (Wildman–Crippen LogP) is 3.47. The Hall–Kier alpha value is -3.43. The van der Waals surface area contributed by atoms with E-state index in [1.165, 1.54) is 18.5 Å². The first kappa shape index (κ1) is 18.0. The van der Waals surface area contributed by atoms with Gasteiger partial charge in [0.1, 0.15) is 29.3 Å². The zero-order valence-electron chi connectivity index (χ0n) is 14.3. The second-order valence-electron chi connectivity index (χ2n) is 6.22. The summed E-state index contributed by atoms with van der Waals surface area (Å²) in [6.07, 6.45) is 3.07. The monoisotopic (exact) mass is 389 g/mol. The van der Waals surface area contributed by atoms with Crippen LogP contribution in [0.15, 0.2) is 49.2 Å². The van der Waals surface area contributed by atoms with Crippen LogP contribution in [0, 0.1) is 0 Å². The third-order valence-electron chi connectivity index (χ3n) is 3.92. The molecule has 1 aliphatic carbocycles. The van der Waals surface area contributed by atoms with Gasteiger partial charge in [0.25, 0.3) is 5.91 Å². The van der Waals surface area contributed by atoms with Gasteiger partial charge in [0.05, 0.1) is 6.10 Å². The fourth-order valence-corrected chi connectivity index (χ4v) is 2.44. The van der Waals surface area contributed by atoms with E-state index in [9.17, 15) is 18.0 Å². The molecule has 3 aromatic heterocycles. The second kappa shape index (κ2) is 6.95. The van der Waals surface area contributed by atoms with Crippen molar-refractivity contribution in [2.24, 2.45) is 0 Å². The summed E-state index contributed by atoms with van der Waals surface area (Å²) in [5.41, 5.74) is -1.12. The number of halogens is 3. The average molecular weight is 389 g/mol. The van der Waals surface area contributed by atoms with Crippen molar-refractivity contribution in [3.05, 3.63) is 60.6 Å². The number of aromatic nitrogens is 4. The number of ether oxygens (including phenoxy) is 1. The summed E-state index contributed by atoms with van der Waals surface area (Å²) in [7, 11) is 0. The summed E-state index contributed by atoms with van der Waals surface area (Å²) in [5.74, 6) is 0.200. The van der Waals surface area contributed by atoms with E-state index in [0.717, 1.165) is 25.1 Å². The van der Waals surface area contributed by atoms with E-state index in [1.807, 2.05) is 0 Å². The van der Waals surface area contributed by atoms with Crippen LogP contribution in [0.2, 0.25) is 0 Å². The molecule has 0 unspecified atom stereocenters. The molecule has 1 saturated carbocycles. The van der Waals surface area contributed by atoms with E-state index >= 15 is 0 Å². The molecule has 144 valence electrons. The maximum Gasteiger partial charge on any atom is 0.433 e. The fourth-order valence-electron chi connectivity index (χ4n) is 2.44. The first-order chi connectivity index (χ1) is 13.4. The van der Waals surface area contributed by atoms with Crippen LogP contribution in [0.3, 0.4) is 0 Å². The highest BCUT2D eigenvalue weighted by molar-refractivity contribution is 6.03. The Morgan fingerprint density at radius 1 is 1.21 bits per heavy atom. The maximum atomic E-state index is 12.8. The van der Waals surface area contributed by atoms with Gasteiger partial charge in [-0.1, -0.05) is 0 Å². The van der Waals surface area contributed by atoms with Gasteiger partial charge in [-0.2, -0.15) is 13.2 Å². The Morgan fingerprint density at radius 3 is 2.71 bits per heavy atom. The van der Waals surface area contributed by atoms with Crippen LogP contribution >= 0.6 is 0 Å². The minimum atomic E-state index is -4.61. The van der Waals surface area contributed by atoms with Gasteiger partial charge in [0, 0.05) is 36.4 Å². The molecule has 28 heavy (non-hydrogen) atoms. The van der Waals surface area contributed by atoms with Crippen molar-refractivity contribution in [1.29, 1.82) is 0 Å². The van der Waals surface area contributed by atoms with E-state index in [-0.39, 0.29) is 17.5 Å². The topological polar surface area (TPSA) is 81.9 Å². The Bertz CT molecular complexity index is 1000. The molecule has 0 aromatic carbocycles. The summed E-state index contributed by atoms with van der Waals surface area (Å²) < 4.78 is 45.8. The molecule has 7 nitrogen and oxygen atoms in total. The molecular formula is C18H14F3N5O2. The number of carbonyl (C=O) groups excluding carboxylic acids is 1. The number of nitrogens with zero attached hydrogens (tertiary/aromatic N) is 4. The standard InChI is InChI=1S/C18H14F3N5O2/c19-18(20,21)15-7-11(3-4-23-15)24-17(27)14-8-13(28-12-1-2-12)9-16(25-14)26-6-5-22-10-26/h3-10,12H,1-2H2,(H,23,24,27). The van der Waals surface area contributed by atoms with Crippen molar-refractivity contribution in [2.45, 2.75) is 25.1 Å². The van der Waals surface area contributed by atoms with E-state index in [0.29, 0.717) is 11.6 Å². The fraction of sp³-hybridized carbons (Fsp3) is 0.222. The van der Waals surface area contributed by atoms with Crippen molar-refractivity contribution in [1.82, 2.24) is 19.5 Å². The Labute approximate surface area is 157 Å². The van der Waals surface area contributed by atoms with Crippen molar-refractivity contribution < 1.29 is 22.7 Å². The van der Waals surface area contributed by atoms with Crippen LogP contribution in [-0.4, -0.2) is 31.5 Å². The Kier molecular flexibility index (Phi) is 4.46. The highest BCUT2D eigenvalue weighted by atomic mass is 19.4. The van der Waals surface area contributed by atoms with Gasteiger partial charge in [-0.25, -0.2) is 9.97 Å². The molecule has 1 aliphatic rings. The number of alkyl halides is 3. The lowest BCUT2D eigenvalue weighted by Gasteiger charge is -2.12. The lowest BCUT2D eigenvalue weighted by atomic mass is 10.2. The molecule has 0 aliphatic heterocycles. The molecule has 1 fully saturated rings. The molecular weight excluding hydrogens is 375 g/mol. The van der Waals surface area contributed by atoms with Gasteiger partial charge >= 0.3 is 6.18 Å². The molecule has 4 rings (SSSR count). The van der Waals surface area contributed by atoms with Crippen LogP contribution in [0.4, 0.5) is 18.9 Å². The van der Waals surface area contributed by atoms with E-state index < -0.39 is 17.8 Å². The molecule has 0 spiro atoms. The van der Waals surface area contributed by atoms with E-state index in [1.54, 1.807) is 23.0 Å². The SMILES string of the molecule is O=C(Nc1ccnc(C(F)(F)F)c1)c1cc(OC2CC2)cc(-n2ccnc2)n1. The molecule has 3 aromatic rings. The average Bonchev–Trinajstić information content (AvgIpc) is 3.29. The molecule has 1 amide bonds. The summed E-state index contributed by atoms with van der Waals surface area (Å²) in [6, 6.07) is 5.17. The molecule has 0 radical (unpaired) electrons. The van der Waals surface area contributed by atoms with Gasteiger partial charge < -0.3 is 10.1 Å². The third kappa shape index (κ3) is 4.11. The lowest BCUT2D eigenvalue weighted by Crippen LogP contribution is -2.16. The van der Waals surface area contributed by atoms with Gasteiger partial charge in [-0.15, -0.1) is 0 Å². The Morgan fingerprint density at radius 2 is 2.04 bits per heavy atom. The molecule has 0 atom stereocenters. The van der Waals surface area contributed by atoms with Crippen molar-refractivity contribution >= 4 is 11.6 Å². The van der Waals surface area contributed by atoms with Crippen LogP contribution in [0.1, 0.15) is 29.0 Å². The number of imidazole rings is 1. The van der Waals surface area contributed by atoms with Crippen molar-refractivity contribution in [3.63, 3.8) is 0 Å². The summed E-state index contributed by atoms with van der Waals surface area (Å²) >= 11 is 0. The molecule has 1 N–H and O–H groups in total. The van der Waals surface area contributed by atoms with Crippen LogP contribution < -0.4 is 10.1 Å². The van der Waals surface area contributed by atoms with Gasteiger partial charge in [-0.3, -0.25) is 14.3 Å². The number of nitrogens with one attached hydrogen (secondary N) is 1. The minimum absolute atomic E-state index is 0.00669. The first-order valence-corrected chi connectivity index (χ1v) is 8.40. The van der Waals surface area contributed by atoms with Crippen molar-refractivity contribution in [3.8, 4) is 11.6 Å². The Balaban J connectivity index is 1.62. The van der Waals surface area contributed by atoms with E-state index in [4.69, 9.17) is 4.74 Å².